The quantitative estimate of drug-likeness (QED) is 0.597. The minimum absolute atomic E-state index is 0.0377. The van der Waals surface area contributed by atoms with Gasteiger partial charge in [-0.1, -0.05) is 26.0 Å². The second-order valence-corrected chi connectivity index (χ2v) is 6.65. The van der Waals surface area contributed by atoms with Gasteiger partial charge in [-0.05, 0) is 25.2 Å². The number of halogens is 1. The molecule has 0 heterocycles. The van der Waals surface area contributed by atoms with Crippen molar-refractivity contribution in [1.29, 1.82) is 0 Å². The lowest BCUT2D eigenvalue weighted by Crippen LogP contribution is -2.37. The second-order valence-electron chi connectivity index (χ2n) is 6.04. The molecule has 0 saturated heterocycles. The number of carbonyl (C=O) groups excluding carboxylic acids is 1. The number of allylic oxidation sites excluding steroid dienone is 1. The van der Waals surface area contributed by atoms with E-state index in [9.17, 15) is 4.79 Å². The Balaban J connectivity index is 2.34. The van der Waals surface area contributed by atoms with Gasteiger partial charge in [0.15, 0.2) is 0 Å². The van der Waals surface area contributed by atoms with Gasteiger partial charge in [0.1, 0.15) is 0 Å². The summed E-state index contributed by atoms with van der Waals surface area (Å²) in [5.41, 5.74) is 0.832. The maximum absolute atomic E-state index is 11.8. The highest BCUT2D eigenvalue weighted by molar-refractivity contribution is 6.20. The van der Waals surface area contributed by atoms with Crippen LogP contribution in [0.3, 0.4) is 0 Å². The molecule has 0 aromatic carbocycles. The average molecular weight is 274 g/mol. The topological polar surface area (TPSA) is 49.3 Å². The van der Waals surface area contributed by atoms with E-state index in [1.165, 1.54) is 0 Å². The SMILES string of the molecule is C=C1CC(Cl)CCC1CC(=O)NCC(C)(C)CO. The van der Waals surface area contributed by atoms with E-state index in [1.54, 1.807) is 0 Å². The molecule has 0 bridgehead atoms. The number of aliphatic hydroxyl groups excluding tert-OH is 1. The molecule has 2 atom stereocenters. The van der Waals surface area contributed by atoms with Crippen molar-refractivity contribution in [2.75, 3.05) is 13.2 Å². The first-order valence-electron chi connectivity index (χ1n) is 6.53. The van der Waals surface area contributed by atoms with Gasteiger partial charge in [0.05, 0.1) is 0 Å². The predicted octanol–water partition coefficient (Wildman–Crippen LogP) is 2.47. The van der Waals surface area contributed by atoms with E-state index in [4.69, 9.17) is 16.7 Å². The number of nitrogens with one attached hydrogen (secondary N) is 1. The largest absolute Gasteiger partial charge is 0.396 e. The molecule has 2 unspecified atom stereocenters. The van der Waals surface area contributed by atoms with Gasteiger partial charge in [-0.25, -0.2) is 0 Å². The maximum Gasteiger partial charge on any atom is 0.220 e. The standard InChI is InChI=1S/C14H24ClNO2/c1-10-6-12(15)5-4-11(10)7-13(18)16-8-14(2,3)9-17/h11-12,17H,1,4-9H2,2-3H3,(H,16,18). The normalized spacial score (nSPS) is 25.0. The van der Waals surface area contributed by atoms with Crippen LogP contribution in [0.2, 0.25) is 0 Å². The number of alkyl halides is 1. The minimum atomic E-state index is -0.263. The highest BCUT2D eigenvalue weighted by atomic mass is 35.5. The summed E-state index contributed by atoms with van der Waals surface area (Å²) in [5, 5.41) is 12.2. The van der Waals surface area contributed by atoms with Crippen LogP contribution >= 0.6 is 11.6 Å². The molecular weight excluding hydrogens is 250 g/mol. The Morgan fingerprint density at radius 2 is 2.22 bits per heavy atom. The molecule has 1 rings (SSSR count). The third-order valence-electron chi connectivity index (χ3n) is 3.51. The van der Waals surface area contributed by atoms with Crippen LogP contribution in [0, 0.1) is 11.3 Å². The van der Waals surface area contributed by atoms with Crippen LogP contribution in [0.5, 0.6) is 0 Å². The van der Waals surface area contributed by atoms with E-state index in [2.05, 4.69) is 11.9 Å². The molecule has 18 heavy (non-hydrogen) atoms. The minimum Gasteiger partial charge on any atom is -0.396 e. The first-order chi connectivity index (χ1) is 8.34. The fourth-order valence-electron chi connectivity index (χ4n) is 2.08. The summed E-state index contributed by atoms with van der Waals surface area (Å²) in [7, 11) is 0. The van der Waals surface area contributed by atoms with E-state index >= 15 is 0 Å². The van der Waals surface area contributed by atoms with E-state index in [0.29, 0.717) is 13.0 Å². The molecule has 104 valence electrons. The molecule has 3 nitrogen and oxygen atoms in total. The molecule has 1 aliphatic rings. The van der Waals surface area contributed by atoms with Crippen molar-refractivity contribution in [1.82, 2.24) is 5.32 Å². The smallest absolute Gasteiger partial charge is 0.220 e. The summed E-state index contributed by atoms with van der Waals surface area (Å²) in [6.07, 6.45) is 3.22. The molecule has 1 saturated carbocycles. The fourth-order valence-corrected chi connectivity index (χ4v) is 2.40. The lowest BCUT2D eigenvalue weighted by molar-refractivity contribution is -0.122. The summed E-state index contributed by atoms with van der Waals surface area (Å²) < 4.78 is 0. The van der Waals surface area contributed by atoms with Gasteiger partial charge in [-0.15, -0.1) is 11.6 Å². The van der Waals surface area contributed by atoms with Gasteiger partial charge in [0, 0.05) is 30.4 Å². The number of hydrogen-bond acceptors (Lipinski definition) is 2. The average Bonchev–Trinajstić information content (AvgIpc) is 2.30. The molecule has 1 aliphatic carbocycles. The first kappa shape index (κ1) is 15.5. The number of amides is 1. The summed E-state index contributed by atoms with van der Waals surface area (Å²) in [5.74, 6) is 0.299. The van der Waals surface area contributed by atoms with Crippen molar-refractivity contribution in [3.8, 4) is 0 Å². The zero-order chi connectivity index (χ0) is 13.8. The van der Waals surface area contributed by atoms with Crippen LogP contribution in [-0.4, -0.2) is 29.5 Å². The van der Waals surface area contributed by atoms with Gasteiger partial charge < -0.3 is 10.4 Å². The summed E-state index contributed by atoms with van der Waals surface area (Å²) >= 11 is 6.06. The number of rotatable bonds is 5. The molecule has 1 amide bonds. The Labute approximate surface area is 115 Å². The Bertz CT molecular complexity index is 315. The molecule has 4 heteroatoms. The van der Waals surface area contributed by atoms with Crippen LogP contribution in [0.4, 0.5) is 0 Å². The Hall–Kier alpha value is -0.540. The lowest BCUT2D eigenvalue weighted by Gasteiger charge is -2.28. The lowest BCUT2D eigenvalue weighted by atomic mass is 9.82. The van der Waals surface area contributed by atoms with Crippen molar-refractivity contribution in [2.45, 2.75) is 44.9 Å². The number of hydrogen-bond donors (Lipinski definition) is 2. The molecular formula is C14H24ClNO2. The number of carbonyl (C=O) groups is 1. The molecule has 0 aromatic rings. The van der Waals surface area contributed by atoms with Crippen molar-refractivity contribution < 1.29 is 9.90 Å². The highest BCUT2D eigenvalue weighted by Gasteiger charge is 2.25. The maximum atomic E-state index is 11.8. The van der Waals surface area contributed by atoms with Crippen LogP contribution < -0.4 is 5.32 Å². The molecule has 0 aromatic heterocycles. The van der Waals surface area contributed by atoms with Gasteiger partial charge >= 0.3 is 0 Å². The van der Waals surface area contributed by atoms with Crippen LogP contribution in [0.25, 0.3) is 0 Å². The van der Waals surface area contributed by atoms with Crippen LogP contribution in [-0.2, 0) is 4.79 Å². The van der Waals surface area contributed by atoms with E-state index in [1.807, 2.05) is 13.8 Å². The Morgan fingerprint density at radius 3 is 2.78 bits per heavy atom. The predicted molar refractivity (Wildman–Crippen MR) is 74.6 cm³/mol. The van der Waals surface area contributed by atoms with E-state index < -0.39 is 0 Å². The van der Waals surface area contributed by atoms with Crippen molar-refractivity contribution in [3.05, 3.63) is 12.2 Å². The summed E-state index contributed by atoms with van der Waals surface area (Å²) in [6.45, 7) is 8.43. The fraction of sp³-hybridized carbons (Fsp3) is 0.786. The molecule has 2 N–H and O–H groups in total. The van der Waals surface area contributed by atoms with E-state index in [0.717, 1.165) is 24.8 Å². The molecule has 0 aliphatic heterocycles. The number of aliphatic hydroxyl groups is 1. The molecule has 0 radical (unpaired) electrons. The highest BCUT2D eigenvalue weighted by Crippen LogP contribution is 2.33. The third-order valence-corrected chi connectivity index (χ3v) is 3.89. The monoisotopic (exact) mass is 273 g/mol. The van der Waals surface area contributed by atoms with Crippen LogP contribution in [0.15, 0.2) is 12.2 Å². The van der Waals surface area contributed by atoms with E-state index in [-0.39, 0.29) is 29.2 Å². The van der Waals surface area contributed by atoms with Crippen LogP contribution in [0.1, 0.15) is 39.5 Å². The van der Waals surface area contributed by atoms with Crippen molar-refractivity contribution in [2.24, 2.45) is 11.3 Å². The van der Waals surface area contributed by atoms with Crippen molar-refractivity contribution >= 4 is 17.5 Å². The Kier molecular flexibility index (Phi) is 5.67. The van der Waals surface area contributed by atoms with Gasteiger partial charge in [-0.2, -0.15) is 0 Å². The second kappa shape index (κ2) is 6.58. The zero-order valence-corrected chi connectivity index (χ0v) is 12.1. The van der Waals surface area contributed by atoms with Gasteiger partial charge in [-0.3, -0.25) is 4.79 Å². The molecule has 1 fully saturated rings. The van der Waals surface area contributed by atoms with Gasteiger partial charge in [0.2, 0.25) is 5.91 Å². The summed E-state index contributed by atoms with van der Waals surface area (Å²) in [4.78, 5) is 11.8. The first-order valence-corrected chi connectivity index (χ1v) is 6.97. The molecule has 0 spiro atoms. The third kappa shape index (κ3) is 4.99. The van der Waals surface area contributed by atoms with Gasteiger partial charge in [0.25, 0.3) is 0 Å². The Morgan fingerprint density at radius 1 is 1.56 bits per heavy atom. The zero-order valence-electron chi connectivity index (χ0n) is 11.3. The summed E-state index contributed by atoms with van der Waals surface area (Å²) in [6, 6.07) is 0. The van der Waals surface area contributed by atoms with Crippen molar-refractivity contribution in [3.63, 3.8) is 0 Å².